The molecule has 1 aliphatic heterocycles. The minimum atomic E-state index is -3.35. The summed E-state index contributed by atoms with van der Waals surface area (Å²) < 4.78 is 32.3. The summed E-state index contributed by atoms with van der Waals surface area (Å²) in [4.78, 5) is 1.01. The number of likely N-dealkylation sites (N-methyl/N-ethyl adjacent to an activating group) is 1. The molecule has 0 saturated carbocycles. The molecule has 1 atom stereocenters. The molecule has 1 aromatic rings. The van der Waals surface area contributed by atoms with E-state index in [4.69, 9.17) is 4.74 Å². The van der Waals surface area contributed by atoms with Crippen molar-refractivity contribution >= 4 is 21.4 Å². The predicted octanol–water partition coefficient (Wildman–Crippen LogP) is 0.665. The molecule has 0 bridgehead atoms. The molecule has 2 heterocycles. The lowest BCUT2D eigenvalue weighted by Gasteiger charge is -2.31. The van der Waals surface area contributed by atoms with Crippen LogP contribution in [0, 0.1) is 6.92 Å². The summed E-state index contributed by atoms with van der Waals surface area (Å²) in [6.07, 6.45) is -0.0698. The number of thiophene rings is 1. The summed E-state index contributed by atoms with van der Waals surface area (Å²) in [6.45, 7) is 3.87. The van der Waals surface area contributed by atoms with Crippen LogP contribution in [0.2, 0.25) is 0 Å². The van der Waals surface area contributed by atoms with Gasteiger partial charge in [0.25, 0.3) is 10.0 Å². The molecule has 18 heavy (non-hydrogen) atoms. The predicted molar refractivity (Wildman–Crippen MR) is 71.5 cm³/mol. The van der Waals surface area contributed by atoms with Crippen LogP contribution in [0.25, 0.3) is 0 Å². The Labute approximate surface area is 112 Å². The molecule has 0 amide bonds. The zero-order valence-corrected chi connectivity index (χ0v) is 12.2. The molecule has 1 aliphatic rings. The fourth-order valence-corrected chi connectivity index (χ4v) is 4.83. The van der Waals surface area contributed by atoms with E-state index in [2.05, 4.69) is 5.32 Å². The number of hydrogen-bond donors (Lipinski definition) is 1. The maximum absolute atomic E-state index is 12.4. The maximum Gasteiger partial charge on any atom is 0.252 e. The molecule has 0 spiro atoms. The third kappa shape index (κ3) is 2.92. The highest BCUT2D eigenvalue weighted by atomic mass is 32.2. The van der Waals surface area contributed by atoms with Crippen molar-refractivity contribution in [2.24, 2.45) is 0 Å². The number of rotatable bonds is 4. The van der Waals surface area contributed by atoms with Crippen LogP contribution in [-0.4, -0.2) is 52.1 Å². The van der Waals surface area contributed by atoms with Crippen molar-refractivity contribution in [2.45, 2.75) is 17.2 Å². The third-order valence-electron chi connectivity index (χ3n) is 2.84. The van der Waals surface area contributed by atoms with Gasteiger partial charge in [-0.3, -0.25) is 0 Å². The van der Waals surface area contributed by atoms with Crippen molar-refractivity contribution in [1.82, 2.24) is 9.62 Å². The Hall–Kier alpha value is -0.470. The minimum absolute atomic E-state index is 0.0698. The molecule has 0 radical (unpaired) electrons. The Morgan fingerprint density at radius 1 is 1.56 bits per heavy atom. The van der Waals surface area contributed by atoms with Crippen LogP contribution in [0.1, 0.15) is 4.88 Å². The van der Waals surface area contributed by atoms with E-state index in [9.17, 15) is 8.42 Å². The van der Waals surface area contributed by atoms with Crippen molar-refractivity contribution in [2.75, 3.05) is 33.3 Å². The summed E-state index contributed by atoms with van der Waals surface area (Å²) in [7, 11) is -1.52. The first-order valence-corrected chi connectivity index (χ1v) is 8.12. The second-order valence-corrected chi connectivity index (χ2v) is 7.73. The van der Waals surface area contributed by atoms with Crippen LogP contribution >= 0.6 is 11.3 Å². The lowest BCUT2D eigenvalue weighted by atomic mass is 10.3. The van der Waals surface area contributed by atoms with Crippen molar-refractivity contribution in [3.05, 3.63) is 17.0 Å². The van der Waals surface area contributed by atoms with Gasteiger partial charge in [-0.25, -0.2) is 8.42 Å². The largest absolute Gasteiger partial charge is 0.374 e. The number of morpholine rings is 1. The van der Waals surface area contributed by atoms with E-state index in [1.165, 1.54) is 15.6 Å². The first-order valence-electron chi connectivity index (χ1n) is 5.87. The zero-order valence-electron chi connectivity index (χ0n) is 10.5. The van der Waals surface area contributed by atoms with Gasteiger partial charge in [-0.1, -0.05) is 0 Å². The highest BCUT2D eigenvalue weighted by Crippen LogP contribution is 2.25. The smallest absolute Gasteiger partial charge is 0.252 e. The molecule has 1 N–H and O–H groups in total. The fraction of sp³-hybridized carbons (Fsp3) is 0.636. The minimum Gasteiger partial charge on any atom is -0.374 e. The van der Waals surface area contributed by atoms with Crippen LogP contribution in [0.4, 0.5) is 0 Å². The van der Waals surface area contributed by atoms with Gasteiger partial charge in [0.15, 0.2) is 0 Å². The Kier molecular flexibility index (Phi) is 4.39. The van der Waals surface area contributed by atoms with E-state index >= 15 is 0 Å². The average molecular weight is 290 g/mol. The molecule has 2 rings (SSSR count). The van der Waals surface area contributed by atoms with Crippen molar-refractivity contribution in [3.8, 4) is 0 Å². The monoisotopic (exact) mass is 290 g/mol. The van der Waals surface area contributed by atoms with Gasteiger partial charge in [0, 0.05) is 24.5 Å². The summed E-state index contributed by atoms with van der Waals surface area (Å²) in [6, 6.07) is 3.51. The number of ether oxygens (including phenoxy) is 1. The highest BCUT2D eigenvalue weighted by Gasteiger charge is 2.31. The topological polar surface area (TPSA) is 58.6 Å². The number of nitrogens with zero attached hydrogens (tertiary/aromatic N) is 1. The summed E-state index contributed by atoms with van der Waals surface area (Å²) >= 11 is 1.32. The van der Waals surface area contributed by atoms with Crippen LogP contribution < -0.4 is 5.32 Å². The van der Waals surface area contributed by atoms with Gasteiger partial charge in [0.1, 0.15) is 4.21 Å². The lowest BCUT2D eigenvalue weighted by Crippen LogP contribution is -2.48. The molecule has 1 unspecified atom stereocenters. The van der Waals surface area contributed by atoms with E-state index < -0.39 is 10.0 Å². The van der Waals surface area contributed by atoms with Gasteiger partial charge in [-0.05, 0) is 26.1 Å². The van der Waals surface area contributed by atoms with Crippen LogP contribution in [-0.2, 0) is 14.8 Å². The Balaban J connectivity index is 2.15. The average Bonchev–Trinajstić information content (AvgIpc) is 2.77. The second kappa shape index (κ2) is 5.66. The lowest BCUT2D eigenvalue weighted by molar-refractivity contribution is 0.000880. The standard InChI is InChI=1S/C11H18N2O3S2/c1-9-3-4-11(17-9)18(14,15)13-5-6-16-10(8-13)7-12-2/h3-4,10,12H,5-8H2,1-2H3. The van der Waals surface area contributed by atoms with Gasteiger partial charge >= 0.3 is 0 Å². The summed E-state index contributed by atoms with van der Waals surface area (Å²) in [5.41, 5.74) is 0. The summed E-state index contributed by atoms with van der Waals surface area (Å²) in [5, 5.41) is 3.01. The number of sulfonamides is 1. The second-order valence-electron chi connectivity index (χ2n) is 4.28. The van der Waals surface area contributed by atoms with E-state index in [0.717, 1.165) is 4.88 Å². The fourth-order valence-electron chi connectivity index (χ4n) is 1.94. The van der Waals surface area contributed by atoms with Crippen molar-refractivity contribution in [3.63, 3.8) is 0 Å². The van der Waals surface area contributed by atoms with Crippen molar-refractivity contribution in [1.29, 1.82) is 0 Å². The van der Waals surface area contributed by atoms with E-state index in [1.54, 1.807) is 6.07 Å². The van der Waals surface area contributed by atoms with Gasteiger partial charge < -0.3 is 10.1 Å². The SMILES string of the molecule is CNCC1CN(S(=O)(=O)c2ccc(C)s2)CCO1. The molecule has 102 valence electrons. The Bertz CT molecular complexity index is 496. The molecule has 1 fully saturated rings. The number of aryl methyl sites for hydroxylation is 1. The molecule has 0 aromatic carbocycles. The maximum atomic E-state index is 12.4. The quantitative estimate of drug-likeness (QED) is 0.885. The van der Waals surface area contributed by atoms with E-state index in [0.29, 0.717) is 30.5 Å². The zero-order chi connectivity index (χ0) is 13.2. The molecule has 1 saturated heterocycles. The normalized spacial score (nSPS) is 22.2. The first kappa shape index (κ1) is 14.0. The number of nitrogens with one attached hydrogen (secondary N) is 1. The third-order valence-corrected chi connectivity index (χ3v) is 6.18. The highest BCUT2D eigenvalue weighted by molar-refractivity contribution is 7.91. The molecule has 1 aromatic heterocycles. The van der Waals surface area contributed by atoms with Gasteiger partial charge in [-0.15, -0.1) is 11.3 Å². The molecular formula is C11H18N2O3S2. The van der Waals surface area contributed by atoms with Crippen LogP contribution in [0.3, 0.4) is 0 Å². The Morgan fingerprint density at radius 2 is 2.33 bits per heavy atom. The molecule has 7 heteroatoms. The first-order chi connectivity index (χ1) is 8.54. The van der Waals surface area contributed by atoms with E-state index in [1.807, 2.05) is 20.0 Å². The Morgan fingerprint density at radius 3 is 2.94 bits per heavy atom. The van der Waals surface area contributed by atoms with Gasteiger partial charge in [0.05, 0.1) is 12.7 Å². The van der Waals surface area contributed by atoms with Gasteiger partial charge in [0.2, 0.25) is 0 Å². The summed E-state index contributed by atoms with van der Waals surface area (Å²) in [5.74, 6) is 0. The van der Waals surface area contributed by atoms with Crippen LogP contribution in [0.5, 0.6) is 0 Å². The molecule has 5 nitrogen and oxygen atoms in total. The number of hydrogen-bond acceptors (Lipinski definition) is 5. The van der Waals surface area contributed by atoms with Crippen molar-refractivity contribution < 1.29 is 13.2 Å². The van der Waals surface area contributed by atoms with E-state index in [-0.39, 0.29) is 6.10 Å². The van der Waals surface area contributed by atoms with Crippen LogP contribution in [0.15, 0.2) is 16.3 Å². The molecular weight excluding hydrogens is 272 g/mol. The molecule has 0 aliphatic carbocycles. The van der Waals surface area contributed by atoms with Gasteiger partial charge in [-0.2, -0.15) is 4.31 Å².